The van der Waals surface area contributed by atoms with E-state index < -0.39 is 0 Å². The minimum atomic E-state index is -0.156. The molecule has 2 aromatic carbocycles. The number of hydrogen-bond donors (Lipinski definition) is 0. The minimum absolute atomic E-state index is 0.0869. The van der Waals surface area contributed by atoms with Crippen molar-refractivity contribution in [1.29, 1.82) is 0 Å². The number of thioether (sulfide) groups is 1. The number of nitrogens with zero attached hydrogens (tertiary/aromatic N) is 2. The molecule has 1 aliphatic carbocycles. The van der Waals surface area contributed by atoms with E-state index in [0.717, 1.165) is 29.8 Å². The van der Waals surface area contributed by atoms with E-state index in [2.05, 4.69) is 52.0 Å². The van der Waals surface area contributed by atoms with Crippen LogP contribution in [0.25, 0.3) is 11.3 Å². The summed E-state index contributed by atoms with van der Waals surface area (Å²) in [6, 6.07) is 20.7. The Morgan fingerprint density at radius 1 is 0.969 bits per heavy atom. The van der Waals surface area contributed by atoms with Gasteiger partial charge in [-0.3, -0.25) is 4.79 Å². The van der Waals surface area contributed by atoms with Crippen molar-refractivity contribution in [1.82, 2.24) is 9.78 Å². The highest BCUT2D eigenvalue weighted by Crippen LogP contribution is 2.46. The first-order valence-electron chi connectivity index (χ1n) is 11.8. The van der Waals surface area contributed by atoms with Gasteiger partial charge in [0.25, 0.3) is 5.91 Å². The molecule has 0 amide bonds. The van der Waals surface area contributed by atoms with Gasteiger partial charge in [0.15, 0.2) is 0 Å². The third-order valence-corrected chi connectivity index (χ3v) is 8.25. The Morgan fingerprint density at radius 2 is 1.59 bits per heavy atom. The van der Waals surface area contributed by atoms with Gasteiger partial charge >= 0.3 is 0 Å². The van der Waals surface area contributed by atoms with Crippen LogP contribution in [0.1, 0.15) is 75.3 Å². The van der Waals surface area contributed by atoms with Crippen molar-refractivity contribution in [3.05, 3.63) is 71.9 Å². The van der Waals surface area contributed by atoms with Crippen LogP contribution in [0.5, 0.6) is 0 Å². The van der Waals surface area contributed by atoms with E-state index in [1.54, 1.807) is 16.4 Å². The van der Waals surface area contributed by atoms with E-state index in [1.165, 1.54) is 10.5 Å². The number of carbonyl (C=O) groups is 1. The number of benzene rings is 2. The van der Waals surface area contributed by atoms with Crippen molar-refractivity contribution in [2.75, 3.05) is 0 Å². The second-order valence-corrected chi connectivity index (χ2v) is 11.0. The Balaban J connectivity index is 1.76. The molecule has 0 bridgehead atoms. The molecule has 0 unspecified atom stereocenters. The van der Waals surface area contributed by atoms with Crippen molar-refractivity contribution in [3.8, 4) is 11.3 Å². The van der Waals surface area contributed by atoms with Crippen LogP contribution >= 0.6 is 11.8 Å². The van der Waals surface area contributed by atoms with Gasteiger partial charge in [-0.2, -0.15) is 9.78 Å². The average Bonchev–Trinajstić information content (AvgIpc) is 3.20. The molecular weight excluding hydrogens is 412 g/mol. The summed E-state index contributed by atoms with van der Waals surface area (Å²) in [5, 5.41) is 5.19. The smallest absolute Gasteiger partial charge is 0.251 e. The maximum absolute atomic E-state index is 13.9. The van der Waals surface area contributed by atoms with Crippen molar-refractivity contribution in [2.24, 2.45) is 11.8 Å². The second-order valence-electron chi connectivity index (χ2n) is 9.52. The first kappa shape index (κ1) is 22.8. The topological polar surface area (TPSA) is 34.9 Å². The highest BCUT2D eigenvalue weighted by atomic mass is 32.2. The van der Waals surface area contributed by atoms with E-state index >= 15 is 0 Å². The SMILES string of the molecule is CC(C)[C@H]1CC[C@@H](C)c2c1nn(C(=O)[C@@H](C)[C@@H](C)Sc1ccccc1)c2-c1ccccc1. The van der Waals surface area contributed by atoms with E-state index in [1.807, 2.05) is 43.3 Å². The predicted molar refractivity (Wildman–Crippen MR) is 134 cm³/mol. The molecule has 1 heterocycles. The van der Waals surface area contributed by atoms with Gasteiger partial charge < -0.3 is 0 Å². The molecule has 0 radical (unpaired) electrons. The van der Waals surface area contributed by atoms with E-state index in [0.29, 0.717) is 17.8 Å². The fourth-order valence-corrected chi connectivity index (χ4v) is 5.87. The van der Waals surface area contributed by atoms with Gasteiger partial charge in [0.1, 0.15) is 0 Å². The van der Waals surface area contributed by atoms with Crippen molar-refractivity contribution in [2.45, 2.75) is 69.4 Å². The largest absolute Gasteiger partial charge is 0.272 e. The lowest BCUT2D eigenvalue weighted by Crippen LogP contribution is -2.28. The van der Waals surface area contributed by atoms with Gasteiger partial charge in [-0.15, -0.1) is 11.8 Å². The van der Waals surface area contributed by atoms with Crippen LogP contribution in [0, 0.1) is 11.8 Å². The molecule has 0 N–H and O–H groups in total. The lowest BCUT2D eigenvalue weighted by molar-refractivity contribution is 0.0830. The summed E-state index contributed by atoms with van der Waals surface area (Å²) in [6.07, 6.45) is 2.28. The summed E-state index contributed by atoms with van der Waals surface area (Å²) in [5.41, 5.74) is 4.51. The van der Waals surface area contributed by atoms with Gasteiger partial charge in [0.05, 0.1) is 11.4 Å². The number of fused-ring (bicyclic) bond motifs is 1. The molecular formula is C28H34N2OS. The number of carbonyl (C=O) groups excluding carboxylic acids is 1. The molecule has 0 fully saturated rings. The second kappa shape index (κ2) is 9.66. The summed E-state index contributed by atoms with van der Waals surface area (Å²) >= 11 is 1.76. The molecule has 0 saturated heterocycles. The van der Waals surface area contributed by atoms with Crippen molar-refractivity contribution in [3.63, 3.8) is 0 Å². The van der Waals surface area contributed by atoms with Gasteiger partial charge in [-0.25, -0.2) is 0 Å². The zero-order valence-electron chi connectivity index (χ0n) is 19.8. The number of rotatable bonds is 6. The van der Waals surface area contributed by atoms with Gasteiger partial charge in [-0.05, 0) is 36.8 Å². The van der Waals surface area contributed by atoms with E-state index in [4.69, 9.17) is 5.10 Å². The van der Waals surface area contributed by atoms with Crippen molar-refractivity contribution < 1.29 is 4.79 Å². The fraction of sp³-hybridized carbons (Fsp3) is 0.429. The Bertz CT molecular complexity index is 1060. The van der Waals surface area contributed by atoms with Crippen LogP contribution in [0.3, 0.4) is 0 Å². The van der Waals surface area contributed by atoms with Crippen LogP contribution in [0.4, 0.5) is 0 Å². The van der Waals surface area contributed by atoms with E-state index in [-0.39, 0.29) is 17.1 Å². The summed E-state index contributed by atoms with van der Waals surface area (Å²) in [5.74, 6) is 1.25. The Labute approximate surface area is 196 Å². The number of aromatic nitrogens is 2. The minimum Gasteiger partial charge on any atom is -0.272 e. The molecule has 4 rings (SSSR count). The van der Waals surface area contributed by atoms with Crippen LogP contribution in [0.2, 0.25) is 0 Å². The molecule has 168 valence electrons. The highest BCUT2D eigenvalue weighted by molar-refractivity contribution is 8.00. The maximum Gasteiger partial charge on any atom is 0.251 e. The normalized spacial score (nSPS) is 20.1. The van der Waals surface area contributed by atoms with E-state index in [9.17, 15) is 4.79 Å². The molecule has 0 aliphatic heterocycles. The molecule has 1 aliphatic rings. The summed E-state index contributed by atoms with van der Waals surface area (Å²) in [4.78, 5) is 15.0. The number of hydrogen-bond acceptors (Lipinski definition) is 3. The van der Waals surface area contributed by atoms with Gasteiger partial charge in [0.2, 0.25) is 0 Å². The summed E-state index contributed by atoms with van der Waals surface area (Å²) in [7, 11) is 0. The quantitative estimate of drug-likeness (QED) is 0.365. The molecule has 32 heavy (non-hydrogen) atoms. The molecule has 4 heteroatoms. The van der Waals surface area contributed by atoms with Crippen LogP contribution in [0.15, 0.2) is 65.6 Å². The van der Waals surface area contributed by atoms with Crippen molar-refractivity contribution >= 4 is 17.7 Å². The Morgan fingerprint density at radius 3 is 2.22 bits per heavy atom. The zero-order valence-corrected chi connectivity index (χ0v) is 20.6. The zero-order chi connectivity index (χ0) is 22.8. The molecule has 1 aromatic heterocycles. The Hall–Kier alpha value is -2.33. The first-order chi connectivity index (χ1) is 15.4. The highest BCUT2D eigenvalue weighted by Gasteiger charge is 2.36. The maximum atomic E-state index is 13.9. The van der Waals surface area contributed by atoms with Gasteiger partial charge in [0, 0.05) is 33.1 Å². The Kier molecular flexibility index (Phi) is 6.90. The lowest BCUT2D eigenvalue weighted by Gasteiger charge is -2.28. The summed E-state index contributed by atoms with van der Waals surface area (Å²) < 4.78 is 1.75. The van der Waals surface area contributed by atoms with Gasteiger partial charge in [-0.1, -0.05) is 83.1 Å². The lowest BCUT2D eigenvalue weighted by atomic mass is 9.75. The monoisotopic (exact) mass is 446 g/mol. The van der Waals surface area contributed by atoms with Crippen LogP contribution < -0.4 is 0 Å². The summed E-state index contributed by atoms with van der Waals surface area (Å²) in [6.45, 7) is 11.0. The fourth-order valence-electron chi connectivity index (χ4n) is 4.81. The molecule has 0 spiro atoms. The molecule has 0 saturated carbocycles. The molecule has 4 atom stereocenters. The van der Waals surface area contributed by atoms with Crippen LogP contribution in [-0.4, -0.2) is 20.9 Å². The first-order valence-corrected chi connectivity index (χ1v) is 12.7. The van der Waals surface area contributed by atoms with Crippen LogP contribution in [-0.2, 0) is 0 Å². The third kappa shape index (κ3) is 4.43. The third-order valence-electron chi connectivity index (χ3n) is 6.92. The standard InChI is InChI=1S/C28H34N2OS/c1-18(2)24-17-16-19(3)25-26(24)29-30(27(25)22-12-8-6-9-13-22)28(31)20(4)21(5)32-23-14-10-7-11-15-23/h6-15,18-21,24H,16-17H2,1-5H3/t19-,20+,21-,24-/m1/s1. The average molecular weight is 447 g/mol. The predicted octanol–water partition coefficient (Wildman–Crippen LogP) is 7.64. The molecule has 3 aromatic rings. The molecule has 3 nitrogen and oxygen atoms in total.